The molecule has 0 spiro atoms. The highest BCUT2D eigenvalue weighted by molar-refractivity contribution is 5.79. The molecule has 1 saturated heterocycles. The fraction of sp³-hybridized carbons (Fsp3) is 0.538. The first-order chi connectivity index (χ1) is 9.65. The lowest BCUT2D eigenvalue weighted by atomic mass is 10.1. The Labute approximate surface area is 116 Å². The predicted molar refractivity (Wildman–Crippen MR) is 69.9 cm³/mol. The van der Waals surface area contributed by atoms with Gasteiger partial charge in [0.1, 0.15) is 5.76 Å². The molecule has 3 rings (SSSR count). The van der Waals surface area contributed by atoms with Gasteiger partial charge in [-0.2, -0.15) is 0 Å². The maximum Gasteiger partial charge on any atom is 0.227 e. The third-order valence-electron chi connectivity index (χ3n) is 3.84. The fourth-order valence-electron chi connectivity index (χ4n) is 2.61. The van der Waals surface area contributed by atoms with Gasteiger partial charge in [-0.25, -0.2) is 4.68 Å². The van der Waals surface area contributed by atoms with Crippen molar-refractivity contribution in [3.05, 3.63) is 29.4 Å². The number of aromatic nitrogens is 4. The summed E-state index contributed by atoms with van der Waals surface area (Å²) in [7, 11) is 0. The second-order valence-corrected chi connectivity index (χ2v) is 5.14. The zero-order valence-electron chi connectivity index (χ0n) is 11.6. The number of carbonyl (C=O) groups is 1. The van der Waals surface area contributed by atoms with Gasteiger partial charge in [0.15, 0.2) is 0 Å². The van der Waals surface area contributed by atoms with Gasteiger partial charge in [0, 0.05) is 24.8 Å². The maximum absolute atomic E-state index is 12.3. The van der Waals surface area contributed by atoms with Crippen LogP contribution in [0.3, 0.4) is 0 Å². The fourth-order valence-corrected chi connectivity index (χ4v) is 2.61. The molecule has 1 aliphatic rings. The first-order valence-electron chi connectivity index (χ1n) is 6.70. The van der Waals surface area contributed by atoms with Crippen molar-refractivity contribution in [1.29, 1.82) is 0 Å². The van der Waals surface area contributed by atoms with Gasteiger partial charge < -0.3 is 9.42 Å². The summed E-state index contributed by atoms with van der Waals surface area (Å²) < 4.78 is 6.92. The molecule has 0 aliphatic carbocycles. The van der Waals surface area contributed by atoms with E-state index >= 15 is 0 Å². The number of aryl methyl sites for hydroxylation is 2. The molecule has 1 atom stereocenters. The standard InChI is InChI=1S/C13H17N5O2/c1-9-12(10(2)20-15-9)7-13(19)17-5-3-11(8-17)18-6-4-14-16-18/h4,6,11H,3,5,7-8H2,1-2H3/t11-/m0/s1. The van der Waals surface area contributed by atoms with Crippen LogP contribution in [0.15, 0.2) is 16.9 Å². The summed E-state index contributed by atoms with van der Waals surface area (Å²) in [5.74, 6) is 0.838. The summed E-state index contributed by atoms with van der Waals surface area (Å²) in [5, 5.41) is 11.7. The Kier molecular flexibility index (Phi) is 3.25. The minimum atomic E-state index is 0.113. The number of likely N-dealkylation sites (tertiary alicyclic amines) is 1. The van der Waals surface area contributed by atoms with Crippen LogP contribution in [-0.2, 0) is 11.2 Å². The molecule has 1 fully saturated rings. The number of carbonyl (C=O) groups excluding carboxylic acids is 1. The van der Waals surface area contributed by atoms with Gasteiger partial charge in [0.2, 0.25) is 5.91 Å². The molecule has 7 nitrogen and oxygen atoms in total. The average Bonchev–Trinajstić information content (AvgIpc) is 3.14. The quantitative estimate of drug-likeness (QED) is 0.831. The van der Waals surface area contributed by atoms with Crippen molar-refractivity contribution in [2.45, 2.75) is 32.7 Å². The van der Waals surface area contributed by atoms with Crippen molar-refractivity contribution in [3.8, 4) is 0 Å². The molecule has 3 heterocycles. The summed E-state index contributed by atoms with van der Waals surface area (Å²) in [5.41, 5.74) is 1.70. The average molecular weight is 275 g/mol. The van der Waals surface area contributed by atoms with Crippen LogP contribution < -0.4 is 0 Å². The van der Waals surface area contributed by atoms with E-state index in [-0.39, 0.29) is 11.9 Å². The van der Waals surface area contributed by atoms with Gasteiger partial charge in [0.05, 0.1) is 24.4 Å². The van der Waals surface area contributed by atoms with E-state index in [0.29, 0.717) is 13.0 Å². The molecule has 0 saturated carbocycles. The van der Waals surface area contributed by atoms with E-state index in [2.05, 4.69) is 15.5 Å². The Bertz CT molecular complexity index is 585. The first kappa shape index (κ1) is 12.8. The Hall–Kier alpha value is -2.18. The molecule has 2 aromatic heterocycles. The Morgan fingerprint density at radius 2 is 2.35 bits per heavy atom. The zero-order valence-corrected chi connectivity index (χ0v) is 11.6. The highest BCUT2D eigenvalue weighted by Crippen LogP contribution is 2.22. The van der Waals surface area contributed by atoms with Gasteiger partial charge in [0.25, 0.3) is 0 Å². The van der Waals surface area contributed by atoms with E-state index in [0.717, 1.165) is 30.0 Å². The Morgan fingerprint density at radius 3 is 3.00 bits per heavy atom. The molecule has 7 heteroatoms. The maximum atomic E-state index is 12.3. The van der Waals surface area contributed by atoms with Crippen LogP contribution in [0.1, 0.15) is 29.5 Å². The number of nitrogens with zero attached hydrogens (tertiary/aromatic N) is 5. The molecule has 106 valence electrons. The van der Waals surface area contributed by atoms with E-state index in [4.69, 9.17) is 4.52 Å². The van der Waals surface area contributed by atoms with E-state index < -0.39 is 0 Å². The normalized spacial score (nSPS) is 18.7. The largest absolute Gasteiger partial charge is 0.361 e. The number of amides is 1. The predicted octanol–water partition coefficient (Wildman–Crippen LogP) is 0.899. The summed E-state index contributed by atoms with van der Waals surface area (Å²) in [4.78, 5) is 14.2. The summed E-state index contributed by atoms with van der Waals surface area (Å²) >= 11 is 0. The van der Waals surface area contributed by atoms with Crippen molar-refractivity contribution in [2.75, 3.05) is 13.1 Å². The molecule has 0 aromatic carbocycles. The summed E-state index contributed by atoms with van der Waals surface area (Å²) in [6.45, 7) is 5.14. The second kappa shape index (κ2) is 5.07. The van der Waals surface area contributed by atoms with E-state index in [1.165, 1.54) is 0 Å². The van der Waals surface area contributed by atoms with Gasteiger partial charge in [-0.1, -0.05) is 10.4 Å². The van der Waals surface area contributed by atoms with Crippen molar-refractivity contribution >= 4 is 5.91 Å². The lowest BCUT2D eigenvalue weighted by Gasteiger charge is -2.16. The van der Waals surface area contributed by atoms with E-state index in [1.807, 2.05) is 29.6 Å². The number of hydrogen-bond acceptors (Lipinski definition) is 5. The minimum Gasteiger partial charge on any atom is -0.361 e. The third kappa shape index (κ3) is 2.31. The van der Waals surface area contributed by atoms with E-state index in [9.17, 15) is 4.79 Å². The molecular formula is C13H17N5O2. The van der Waals surface area contributed by atoms with Crippen molar-refractivity contribution in [2.24, 2.45) is 0 Å². The van der Waals surface area contributed by atoms with Crippen molar-refractivity contribution in [3.63, 3.8) is 0 Å². The van der Waals surface area contributed by atoms with Gasteiger partial charge in [-0.3, -0.25) is 4.79 Å². The third-order valence-corrected chi connectivity index (χ3v) is 3.84. The molecule has 0 N–H and O–H groups in total. The molecule has 1 aliphatic heterocycles. The van der Waals surface area contributed by atoms with Crippen LogP contribution in [-0.4, -0.2) is 44.0 Å². The molecule has 20 heavy (non-hydrogen) atoms. The van der Waals surface area contributed by atoms with Crippen molar-refractivity contribution < 1.29 is 9.32 Å². The van der Waals surface area contributed by atoms with Crippen LogP contribution in [0.25, 0.3) is 0 Å². The van der Waals surface area contributed by atoms with Crippen LogP contribution in [0, 0.1) is 13.8 Å². The second-order valence-electron chi connectivity index (χ2n) is 5.14. The van der Waals surface area contributed by atoms with Gasteiger partial charge in [-0.05, 0) is 20.3 Å². The molecule has 1 amide bonds. The molecule has 0 radical (unpaired) electrons. The van der Waals surface area contributed by atoms with Gasteiger partial charge >= 0.3 is 0 Å². The van der Waals surface area contributed by atoms with Crippen LogP contribution >= 0.6 is 0 Å². The SMILES string of the molecule is Cc1noc(C)c1CC(=O)N1CC[C@H](n2ccnn2)C1. The summed E-state index contributed by atoms with van der Waals surface area (Å²) in [6.07, 6.45) is 4.77. The smallest absolute Gasteiger partial charge is 0.227 e. The molecule has 0 bridgehead atoms. The topological polar surface area (TPSA) is 77.0 Å². The van der Waals surface area contributed by atoms with Crippen LogP contribution in [0.5, 0.6) is 0 Å². The highest BCUT2D eigenvalue weighted by Gasteiger charge is 2.28. The van der Waals surface area contributed by atoms with E-state index in [1.54, 1.807) is 6.20 Å². The minimum absolute atomic E-state index is 0.113. The molecule has 0 unspecified atom stereocenters. The monoisotopic (exact) mass is 275 g/mol. The number of hydrogen-bond donors (Lipinski definition) is 0. The Balaban J connectivity index is 1.65. The first-order valence-corrected chi connectivity index (χ1v) is 6.70. The lowest BCUT2D eigenvalue weighted by Crippen LogP contribution is -2.30. The zero-order chi connectivity index (χ0) is 14.1. The van der Waals surface area contributed by atoms with Crippen molar-refractivity contribution in [1.82, 2.24) is 25.1 Å². The summed E-state index contributed by atoms with van der Waals surface area (Å²) in [6, 6.07) is 0.228. The number of rotatable bonds is 3. The van der Waals surface area contributed by atoms with Gasteiger partial charge in [-0.15, -0.1) is 5.10 Å². The molecular weight excluding hydrogens is 258 g/mol. The lowest BCUT2D eigenvalue weighted by molar-refractivity contribution is -0.129. The Morgan fingerprint density at radius 1 is 1.50 bits per heavy atom. The molecule has 2 aromatic rings. The van der Waals surface area contributed by atoms with Crippen LogP contribution in [0.2, 0.25) is 0 Å². The van der Waals surface area contributed by atoms with Crippen LogP contribution in [0.4, 0.5) is 0 Å². The highest BCUT2D eigenvalue weighted by atomic mass is 16.5.